The van der Waals surface area contributed by atoms with Gasteiger partial charge >= 0.3 is 0 Å². The molecule has 1 aromatic carbocycles. The number of methoxy groups -OCH3 is 1. The highest BCUT2D eigenvalue weighted by atomic mass is 16.5. The minimum atomic E-state index is -0.107. The number of anilines is 2. The summed E-state index contributed by atoms with van der Waals surface area (Å²) in [6, 6.07) is 7.34. The lowest BCUT2D eigenvalue weighted by molar-refractivity contribution is 0.0921. The molecular weight excluding hydrogens is 358 g/mol. The molecule has 8 nitrogen and oxygen atoms in total. The van der Waals surface area contributed by atoms with Gasteiger partial charge in [-0.2, -0.15) is 0 Å². The number of hydrogen-bond donors (Lipinski definition) is 2. The molecule has 0 aliphatic carbocycles. The van der Waals surface area contributed by atoms with E-state index in [0.717, 1.165) is 12.4 Å². The maximum atomic E-state index is 8.64. The molecule has 3 N–H and O–H groups in total. The first-order valence-corrected chi connectivity index (χ1v) is 9.30. The average molecular weight is 385 g/mol. The standard InChI is InChI=1S/C20H27N5O3/c1-13-10-27-7-6-25(13)19-9-18(23-12-24-19)20(22)16-8-15(4-5-17(16)21)28-14(2)11-26-3/h4-5,8-9,12-14,22H,6-7,10-11,21H2,1-3H3. The van der Waals surface area contributed by atoms with Gasteiger partial charge in [-0.1, -0.05) is 0 Å². The van der Waals surface area contributed by atoms with Gasteiger partial charge in [0, 0.05) is 31.0 Å². The molecule has 0 saturated carbocycles. The van der Waals surface area contributed by atoms with Crippen LogP contribution in [-0.2, 0) is 9.47 Å². The smallest absolute Gasteiger partial charge is 0.133 e. The van der Waals surface area contributed by atoms with Crippen LogP contribution in [0.3, 0.4) is 0 Å². The largest absolute Gasteiger partial charge is 0.488 e. The lowest BCUT2D eigenvalue weighted by Gasteiger charge is -2.34. The molecule has 8 heteroatoms. The fourth-order valence-corrected chi connectivity index (χ4v) is 3.17. The second-order valence-corrected chi connectivity index (χ2v) is 6.89. The van der Waals surface area contributed by atoms with Crippen LogP contribution in [-0.4, -0.2) is 61.3 Å². The van der Waals surface area contributed by atoms with Crippen molar-refractivity contribution in [3.05, 3.63) is 41.9 Å². The molecule has 0 bridgehead atoms. The summed E-state index contributed by atoms with van der Waals surface area (Å²) < 4.78 is 16.4. The minimum absolute atomic E-state index is 0.107. The third-order valence-electron chi connectivity index (χ3n) is 4.60. The zero-order chi connectivity index (χ0) is 20.1. The van der Waals surface area contributed by atoms with Gasteiger partial charge in [-0.3, -0.25) is 5.41 Å². The summed E-state index contributed by atoms with van der Waals surface area (Å²) in [5.41, 5.74) is 7.94. The van der Waals surface area contributed by atoms with Crippen molar-refractivity contribution in [2.75, 3.05) is 44.1 Å². The highest BCUT2D eigenvalue weighted by Crippen LogP contribution is 2.24. The van der Waals surface area contributed by atoms with E-state index in [1.807, 2.05) is 13.0 Å². The van der Waals surface area contributed by atoms with Gasteiger partial charge in [-0.15, -0.1) is 0 Å². The summed E-state index contributed by atoms with van der Waals surface area (Å²) in [7, 11) is 1.63. The number of aromatic nitrogens is 2. The zero-order valence-corrected chi connectivity index (χ0v) is 16.5. The van der Waals surface area contributed by atoms with Crippen LogP contribution in [0.5, 0.6) is 5.75 Å². The second kappa shape index (κ2) is 8.99. The molecule has 2 heterocycles. The maximum absolute atomic E-state index is 8.64. The van der Waals surface area contributed by atoms with Gasteiger partial charge in [-0.25, -0.2) is 9.97 Å². The predicted octanol–water partition coefficient (Wildman–Crippen LogP) is 2.11. The Bertz CT molecular complexity index is 829. The van der Waals surface area contributed by atoms with Crippen LogP contribution < -0.4 is 15.4 Å². The number of nitrogens with zero attached hydrogens (tertiary/aromatic N) is 3. The van der Waals surface area contributed by atoms with E-state index in [4.69, 9.17) is 25.4 Å². The van der Waals surface area contributed by atoms with Crippen LogP contribution >= 0.6 is 0 Å². The first kappa shape index (κ1) is 20.0. The van der Waals surface area contributed by atoms with Crippen molar-refractivity contribution >= 4 is 17.2 Å². The van der Waals surface area contributed by atoms with E-state index in [2.05, 4.69) is 21.8 Å². The molecular formula is C20H27N5O3. The first-order chi connectivity index (χ1) is 13.5. The van der Waals surface area contributed by atoms with E-state index in [-0.39, 0.29) is 17.9 Å². The van der Waals surface area contributed by atoms with E-state index in [9.17, 15) is 0 Å². The van der Waals surface area contributed by atoms with Crippen molar-refractivity contribution in [1.29, 1.82) is 5.41 Å². The Morgan fingerprint density at radius 1 is 1.39 bits per heavy atom. The fraction of sp³-hybridized carbons (Fsp3) is 0.450. The van der Waals surface area contributed by atoms with Gasteiger partial charge in [0.05, 0.1) is 37.3 Å². The molecule has 0 amide bonds. The molecule has 2 aromatic rings. The lowest BCUT2D eigenvalue weighted by atomic mass is 10.0. The summed E-state index contributed by atoms with van der Waals surface area (Å²) in [4.78, 5) is 10.8. The van der Waals surface area contributed by atoms with Gasteiger partial charge in [0.1, 0.15) is 24.0 Å². The van der Waals surface area contributed by atoms with Gasteiger partial charge < -0.3 is 24.8 Å². The molecule has 150 valence electrons. The van der Waals surface area contributed by atoms with Crippen molar-refractivity contribution in [1.82, 2.24) is 9.97 Å². The van der Waals surface area contributed by atoms with Crippen molar-refractivity contribution in [3.63, 3.8) is 0 Å². The Kier molecular flexibility index (Phi) is 6.43. The molecule has 28 heavy (non-hydrogen) atoms. The first-order valence-electron chi connectivity index (χ1n) is 9.30. The van der Waals surface area contributed by atoms with E-state index in [1.54, 1.807) is 25.3 Å². The van der Waals surface area contributed by atoms with Crippen LogP contribution in [0, 0.1) is 5.41 Å². The maximum Gasteiger partial charge on any atom is 0.133 e. The average Bonchev–Trinajstić information content (AvgIpc) is 2.69. The van der Waals surface area contributed by atoms with E-state index in [0.29, 0.717) is 42.5 Å². The SMILES string of the molecule is COCC(C)Oc1ccc(N)c(C(=N)c2cc(N3CCOCC3C)ncn2)c1. The van der Waals surface area contributed by atoms with Gasteiger partial charge in [-0.05, 0) is 32.0 Å². The molecule has 2 atom stereocenters. The molecule has 1 saturated heterocycles. The van der Waals surface area contributed by atoms with Crippen molar-refractivity contribution < 1.29 is 14.2 Å². The van der Waals surface area contributed by atoms with E-state index in [1.165, 1.54) is 6.33 Å². The van der Waals surface area contributed by atoms with Gasteiger partial charge in [0.25, 0.3) is 0 Å². The highest BCUT2D eigenvalue weighted by molar-refractivity contribution is 6.13. The molecule has 3 rings (SSSR count). The third-order valence-corrected chi connectivity index (χ3v) is 4.60. The number of benzene rings is 1. The molecule has 1 aliphatic rings. The summed E-state index contributed by atoms with van der Waals surface area (Å²) in [6.07, 6.45) is 1.38. The van der Waals surface area contributed by atoms with Crippen molar-refractivity contribution in [3.8, 4) is 5.75 Å². The molecule has 0 radical (unpaired) electrons. The summed E-state index contributed by atoms with van der Waals surface area (Å²) in [5, 5.41) is 8.64. The number of nitrogens with two attached hydrogens (primary N) is 1. The summed E-state index contributed by atoms with van der Waals surface area (Å²) in [5.74, 6) is 1.42. The van der Waals surface area contributed by atoms with Gasteiger partial charge in [0.2, 0.25) is 0 Å². The normalized spacial score (nSPS) is 18.0. The molecule has 1 aromatic heterocycles. The molecule has 2 unspecified atom stereocenters. The topological polar surface area (TPSA) is 107 Å². The van der Waals surface area contributed by atoms with Gasteiger partial charge in [0.15, 0.2) is 0 Å². The zero-order valence-electron chi connectivity index (χ0n) is 16.5. The number of hydrogen-bond acceptors (Lipinski definition) is 8. The second-order valence-electron chi connectivity index (χ2n) is 6.89. The van der Waals surface area contributed by atoms with Crippen molar-refractivity contribution in [2.24, 2.45) is 0 Å². The molecule has 0 spiro atoms. The van der Waals surface area contributed by atoms with E-state index >= 15 is 0 Å². The highest BCUT2D eigenvalue weighted by Gasteiger charge is 2.21. The summed E-state index contributed by atoms with van der Waals surface area (Å²) >= 11 is 0. The monoisotopic (exact) mass is 385 g/mol. The van der Waals surface area contributed by atoms with Crippen LogP contribution in [0.4, 0.5) is 11.5 Å². The minimum Gasteiger partial charge on any atom is -0.488 e. The van der Waals surface area contributed by atoms with Crippen LogP contribution in [0.15, 0.2) is 30.6 Å². The van der Waals surface area contributed by atoms with Crippen LogP contribution in [0.1, 0.15) is 25.1 Å². The Morgan fingerprint density at radius 2 is 2.21 bits per heavy atom. The number of nitrogens with one attached hydrogen (secondary N) is 1. The third kappa shape index (κ3) is 4.58. The number of nitrogen functional groups attached to an aromatic ring is 1. The van der Waals surface area contributed by atoms with Crippen LogP contribution in [0.2, 0.25) is 0 Å². The molecule has 1 aliphatic heterocycles. The van der Waals surface area contributed by atoms with Crippen LogP contribution in [0.25, 0.3) is 0 Å². The Morgan fingerprint density at radius 3 is 2.96 bits per heavy atom. The fourth-order valence-electron chi connectivity index (χ4n) is 3.17. The van der Waals surface area contributed by atoms with Crippen molar-refractivity contribution in [2.45, 2.75) is 26.0 Å². The Labute approximate surface area is 165 Å². The summed E-state index contributed by atoms with van der Waals surface area (Å²) in [6.45, 7) is 6.56. The lowest BCUT2D eigenvalue weighted by Crippen LogP contribution is -2.44. The number of ether oxygens (including phenoxy) is 3. The van der Waals surface area contributed by atoms with E-state index < -0.39 is 0 Å². The quantitative estimate of drug-likeness (QED) is 0.555. The molecule has 1 fully saturated rings. The number of rotatable bonds is 7. The Balaban J connectivity index is 1.84. The Hall–Kier alpha value is -2.71. The number of morpholine rings is 1. The predicted molar refractivity (Wildman–Crippen MR) is 108 cm³/mol.